The highest BCUT2D eigenvalue weighted by Crippen LogP contribution is 2.29. The predicted octanol–water partition coefficient (Wildman–Crippen LogP) is 4.26. The van der Waals surface area contributed by atoms with Crippen LogP contribution in [-0.2, 0) is 9.59 Å². The van der Waals surface area contributed by atoms with E-state index in [9.17, 15) is 9.59 Å². The van der Waals surface area contributed by atoms with Gasteiger partial charge in [0.15, 0.2) is 5.75 Å². The van der Waals surface area contributed by atoms with Gasteiger partial charge >= 0.3 is 0 Å². The highest BCUT2D eigenvalue weighted by molar-refractivity contribution is 6.04. The molecule has 0 heterocycles. The molecule has 0 aromatic heterocycles. The van der Waals surface area contributed by atoms with Crippen molar-refractivity contribution in [1.82, 2.24) is 5.32 Å². The summed E-state index contributed by atoms with van der Waals surface area (Å²) >= 11 is 0. The Morgan fingerprint density at radius 3 is 2.35 bits per heavy atom. The first-order valence-corrected chi connectivity index (χ1v) is 9.12. The highest BCUT2D eigenvalue weighted by Gasteiger charge is 2.18. The molecule has 5 nitrogen and oxygen atoms in total. The quantitative estimate of drug-likeness (QED) is 0.764. The minimum Gasteiger partial charge on any atom is -0.455 e. The Morgan fingerprint density at radius 1 is 0.885 bits per heavy atom. The van der Waals surface area contributed by atoms with Gasteiger partial charge in [-0.25, -0.2) is 0 Å². The maximum Gasteiger partial charge on any atom is 0.233 e. The van der Waals surface area contributed by atoms with Gasteiger partial charge in [0.1, 0.15) is 12.2 Å². The fourth-order valence-electron chi connectivity index (χ4n) is 3.14. The molecule has 136 valence electrons. The van der Waals surface area contributed by atoms with Crippen LogP contribution >= 0.6 is 0 Å². The van der Waals surface area contributed by atoms with Crippen LogP contribution in [0.5, 0.6) is 11.5 Å². The van der Waals surface area contributed by atoms with Crippen LogP contribution < -0.4 is 15.4 Å². The first-order chi connectivity index (χ1) is 12.7. The summed E-state index contributed by atoms with van der Waals surface area (Å²) in [6, 6.07) is 16.8. The number of amides is 2. The van der Waals surface area contributed by atoms with Crippen molar-refractivity contribution < 1.29 is 14.3 Å². The zero-order chi connectivity index (χ0) is 18.2. The lowest BCUT2D eigenvalue weighted by Crippen LogP contribution is -2.37. The van der Waals surface area contributed by atoms with Crippen molar-refractivity contribution in [3.8, 4) is 11.5 Å². The average molecular weight is 352 g/mol. The van der Waals surface area contributed by atoms with E-state index in [1.807, 2.05) is 42.5 Å². The lowest BCUT2D eigenvalue weighted by atomic mass is 9.95. The number of nitrogens with one attached hydrogen (secondary N) is 2. The molecule has 0 bridgehead atoms. The van der Waals surface area contributed by atoms with Crippen molar-refractivity contribution in [3.05, 3.63) is 54.6 Å². The van der Waals surface area contributed by atoms with Crippen LogP contribution in [0.25, 0.3) is 0 Å². The Morgan fingerprint density at radius 2 is 1.58 bits per heavy atom. The van der Waals surface area contributed by atoms with Crippen LogP contribution in [0.4, 0.5) is 5.69 Å². The molecule has 2 N–H and O–H groups in total. The van der Waals surface area contributed by atoms with E-state index in [4.69, 9.17) is 4.74 Å². The molecule has 5 heteroatoms. The van der Waals surface area contributed by atoms with Gasteiger partial charge in [0.2, 0.25) is 11.8 Å². The van der Waals surface area contributed by atoms with Gasteiger partial charge in [-0.3, -0.25) is 9.59 Å². The SMILES string of the molecule is O=C(CC(=O)NC1CCCCC1)Nc1ccccc1Oc1ccccc1. The summed E-state index contributed by atoms with van der Waals surface area (Å²) < 4.78 is 5.82. The third-order valence-corrected chi connectivity index (χ3v) is 4.42. The number of carbonyl (C=O) groups is 2. The van der Waals surface area contributed by atoms with Crippen molar-refractivity contribution in [1.29, 1.82) is 0 Å². The molecule has 1 aliphatic carbocycles. The first kappa shape index (κ1) is 18.0. The molecule has 1 saturated carbocycles. The van der Waals surface area contributed by atoms with E-state index in [0.717, 1.165) is 25.7 Å². The summed E-state index contributed by atoms with van der Waals surface area (Å²) in [6.07, 6.45) is 5.33. The van der Waals surface area contributed by atoms with Crippen LogP contribution in [0.3, 0.4) is 0 Å². The monoisotopic (exact) mass is 352 g/mol. The second kappa shape index (κ2) is 9.04. The summed E-state index contributed by atoms with van der Waals surface area (Å²) in [4.78, 5) is 24.3. The van der Waals surface area contributed by atoms with Gasteiger partial charge in [0.25, 0.3) is 0 Å². The maximum absolute atomic E-state index is 12.2. The average Bonchev–Trinajstić information content (AvgIpc) is 2.65. The second-order valence-corrected chi connectivity index (χ2v) is 6.54. The molecule has 0 atom stereocenters. The van der Waals surface area contributed by atoms with Crippen LogP contribution in [0.2, 0.25) is 0 Å². The Hall–Kier alpha value is -2.82. The Kier molecular flexibility index (Phi) is 6.25. The lowest BCUT2D eigenvalue weighted by molar-refractivity contribution is -0.127. The van der Waals surface area contributed by atoms with Gasteiger partial charge in [0, 0.05) is 6.04 Å². The fraction of sp³-hybridized carbons (Fsp3) is 0.333. The Balaban J connectivity index is 1.56. The summed E-state index contributed by atoms with van der Waals surface area (Å²) in [6.45, 7) is 0. The van der Waals surface area contributed by atoms with Crippen molar-refractivity contribution in [2.45, 2.75) is 44.6 Å². The summed E-state index contributed by atoms with van der Waals surface area (Å²) in [7, 11) is 0. The molecule has 0 aliphatic heterocycles. The molecule has 2 amide bonds. The number of carbonyl (C=O) groups excluding carboxylic acids is 2. The molecule has 26 heavy (non-hydrogen) atoms. The zero-order valence-electron chi connectivity index (χ0n) is 14.7. The third kappa shape index (κ3) is 5.34. The van der Waals surface area contributed by atoms with Crippen molar-refractivity contribution in [2.24, 2.45) is 0 Å². The molecular formula is C21H24N2O3. The fourth-order valence-corrected chi connectivity index (χ4v) is 3.14. The summed E-state index contributed by atoms with van der Waals surface area (Å²) in [5, 5.41) is 5.73. The minimum absolute atomic E-state index is 0.184. The van der Waals surface area contributed by atoms with Crippen molar-refractivity contribution >= 4 is 17.5 Å². The Bertz CT molecular complexity index is 740. The summed E-state index contributed by atoms with van der Waals surface area (Å²) in [5.41, 5.74) is 0.548. The molecule has 0 radical (unpaired) electrons. The molecule has 0 unspecified atom stereocenters. The molecular weight excluding hydrogens is 328 g/mol. The van der Waals surface area contributed by atoms with Gasteiger partial charge in [-0.2, -0.15) is 0 Å². The second-order valence-electron chi connectivity index (χ2n) is 6.54. The molecule has 0 spiro atoms. The molecule has 1 aliphatic rings. The lowest BCUT2D eigenvalue weighted by Gasteiger charge is -2.22. The van der Waals surface area contributed by atoms with Gasteiger partial charge in [0.05, 0.1) is 5.69 Å². The number of hydrogen-bond donors (Lipinski definition) is 2. The molecule has 2 aromatic rings. The van der Waals surface area contributed by atoms with Gasteiger partial charge in [-0.1, -0.05) is 49.6 Å². The van der Waals surface area contributed by atoms with E-state index < -0.39 is 0 Å². The van der Waals surface area contributed by atoms with E-state index in [-0.39, 0.29) is 24.3 Å². The van der Waals surface area contributed by atoms with E-state index in [1.165, 1.54) is 6.42 Å². The van der Waals surface area contributed by atoms with E-state index >= 15 is 0 Å². The van der Waals surface area contributed by atoms with Crippen molar-refractivity contribution in [2.75, 3.05) is 5.32 Å². The largest absolute Gasteiger partial charge is 0.455 e. The van der Waals surface area contributed by atoms with E-state index in [1.54, 1.807) is 12.1 Å². The van der Waals surface area contributed by atoms with Crippen LogP contribution in [-0.4, -0.2) is 17.9 Å². The molecule has 0 saturated heterocycles. The summed E-state index contributed by atoms with van der Waals surface area (Å²) in [5.74, 6) is 0.655. The number of para-hydroxylation sites is 3. The van der Waals surface area contributed by atoms with E-state index in [2.05, 4.69) is 10.6 Å². The molecule has 2 aromatic carbocycles. The number of benzene rings is 2. The molecule has 3 rings (SSSR count). The topological polar surface area (TPSA) is 67.4 Å². The number of hydrogen-bond acceptors (Lipinski definition) is 3. The van der Waals surface area contributed by atoms with Crippen LogP contribution in [0.1, 0.15) is 38.5 Å². The third-order valence-electron chi connectivity index (χ3n) is 4.42. The zero-order valence-corrected chi connectivity index (χ0v) is 14.7. The Labute approximate surface area is 153 Å². The number of anilines is 1. The van der Waals surface area contributed by atoms with Crippen LogP contribution in [0.15, 0.2) is 54.6 Å². The highest BCUT2D eigenvalue weighted by atomic mass is 16.5. The van der Waals surface area contributed by atoms with Gasteiger partial charge in [-0.15, -0.1) is 0 Å². The van der Waals surface area contributed by atoms with Gasteiger partial charge in [-0.05, 0) is 37.1 Å². The minimum atomic E-state index is -0.345. The standard InChI is InChI=1S/C21H24N2O3/c24-20(22-16-9-3-1-4-10-16)15-21(25)23-18-13-7-8-14-19(18)26-17-11-5-2-6-12-17/h2,5-8,11-14,16H,1,3-4,9-10,15H2,(H,22,24)(H,23,25). The number of ether oxygens (including phenoxy) is 1. The first-order valence-electron chi connectivity index (χ1n) is 9.12. The van der Waals surface area contributed by atoms with Crippen LogP contribution in [0, 0.1) is 0 Å². The molecule has 1 fully saturated rings. The number of rotatable bonds is 6. The predicted molar refractivity (Wildman–Crippen MR) is 101 cm³/mol. The van der Waals surface area contributed by atoms with Crippen molar-refractivity contribution in [3.63, 3.8) is 0 Å². The maximum atomic E-state index is 12.2. The normalized spacial score (nSPS) is 14.5. The van der Waals surface area contributed by atoms with E-state index in [0.29, 0.717) is 17.2 Å². The van der Waals surface area contributed by atoms with Gasteiger partial charge < -0.3 is 15.4 Å². The smallest absolute Gasteiger partial charge is 0.233 e.